The fourth-order valence-corrected chi connectivity index (χ4v) is 3.20. The highest BCUT2D eigenvalue weighted by Gasteiger charge is 2.14. The largest absolute Gasteiger partial charge is 0.348 e. The van der Waals surface area contributed by atoms with E-state index < -0.39 is 0 Å². The second-order valence-electron chi connectivity index (χ2n) is 6.55. The highest BCUT2D eigenvalue weighted by atomic mass is 16.1. The molecule has 0 saturated heterocycles. The first-order chi connectivity index (χ1) is 13.8. The zero-order chi connectivity index (χ0) is 19.3. The molecule has 1 amide bonds. The minimum atomic E-state index is -0.116. The van der Waals surface area contributed by atoms with Crippen molar-refractivity contribution in [3.05, 3.63) is 78.2 Å². The molecule has 4 aromatic rings. The summed E-state index contributed by atoms with van der Waals surface area (Å²) < 4.78 is 2.11. The van der Waals surface area contributed by atoms with Crippen LogP contribution in [0.3, 0.4) is 0 Å². The van der Waals surface area contributed by atoms with Gasteiger partial charge in [-0.1, -0.05) is 19.1 Å². The zero-order valence-electron chi connectivity index (χ0n) is 15.7. The molecule has 0 saturated carbocycles. The molecule has 3 aromatic heterocycles. The average Bonchev–Trinajstić information content (AvgIpc) is 3.12. The summed E-state index contributed by atoms with van der Waals surface area (Å²) in [6.07, 6.45) is 6.19. The minimum absolute atomic E-state index is 0.116. The summed E-state index contributed by atoms with van der Waals surface area (Å²) in [5.41, 5.74) is 4.25. The Balaban J connectivity index is 1.63. The molecular formula is C22H21N5O. The molecule has 6 heteroatoms. The van der Waals surface area contributed by atoms with Crippen LogP contribution in [-0.4, -0.2) is 25.4 Å². The summed E-state index contributed by atoms with van der Waals surface area (Å²) in [5, 5.41) is 2.95. The molecule has 0 unspecified atom stereocenters. The molecule has 0 fully saturated rings. The van der Waals surface area contributed by atoms with E-state index in [4.69, 9.17) is 4.98 Å². The van der Waals surface area contributed by atoms with Crippen LogP contribution in [0.4, 0.5) is 0 Å². The maximum atomic E-state index is 12.6. The molecule has 1 N–H and O–H groups in total. The number of amides is 1. The number of carbonyl (C=O) groups excluding carboxylic acids is 1. The van der Waals surface area contributed by atoms with Crippen molar-refractivity contribution in [3.63, 3.8) is 0 Å². The van der Waals surface area contributed by atoms with Crippen LogP contribution >= 0.6 is 0 Å². The number of aryl methyl sites for hydroxylation is 1. The van der Waals surface area contributed by atoms with Crippen molar-refractivity contribution in [2.24, 2.45) is 0 Å². The van der Waals surface area contributed by atoms with Crippen molar-refractivity contribution >= 4 is 17.1 Å². The molecule has 28 heavy (non-hydrogen) atoms. The Hall–Kier alpha value is -3.54. The van der Waals surface area contributed by atoms with E-state index in [0.29, 0.717) is 12.1 Å². The molecule has 0 radical (unpaired) electrons. The van der Waals surface area contributed by atoms with Gasteiger partial charge in [0.15, 0.2) is 5.65 Å². The van der Waals surface area contributed by atoms with Gasteiger partial charge in [0.25, 0.3) is 5.91 Å². The number of fused-ring (bicyclic) bond motifs is 1. The summed E-state index contributed by atoms with van der Waals surface area (Å²) in [5.74, 6) is 0.717. The summed E-state index contributed by atoms with van der Waals surface area (Å²) in [7, 11) is 0. The average molecular weight is 371 g/mol. The number of nitrogens with one attached hydrogen (secondary N) is 1. The highest BCUT2D eigenvalue weighted by molar-refractivity contribution is 5.95. The van der Waals surface area contributed by atoms with Gasteiger partial charge in [0.2, 0.25) is 0 Å². The van der Waals surface area contributed by atoms with E-state index in [1.165, 1.54) is 0 Å². The molecule has 0 aliphatic heterocycles. The maximum Gasteiger partial charge on any atom is 0.251 e. The third kappa shape index (κ3) is 3.62. The lowest BCUT2D eigenvalue weighted by Gasteiger charge is -2.09. The van der Waals surface area contributed by atoms with Crippen LogP contribution in [0.15, 0.2) is 67.1 Å². The van der Waals surface area contributed by atoms with Crippen molar-refractivity contribution in [2.75, 3.05) is 0 Å². The van der Waals surface area contributed by atoms with Crippen LogP contribution in [0.1, 0.15) is 29.3 Å². The van der Waals surface area contributed by atoms with E-state index in [-0.39, 0.29) is 5.91 Å². The predicted molar refractivity (Wildman–Crippen MR) is 109 cm³/mol. The lowest BCUT2D eigenvalue weighted by atomic mass is 10.1. The number of benzene rings is 1. The molecule has 0 aliphatic rings. The smallest absolute Gasteiger partial charge is 0.251 e. The number of carbonyl (C=O) groups is 1. The first-order valence-corrected chi connectivity index (χ1v) is 9.35. The van der Waals surface area contributed by atoms with Gasteiger partial charge in [-0.05, 0) is 48.4 Å². The number of nitrogens with zero attached hydrogens (tertiary/aromatic N) is 4. The molecule has 4 rings (SSSR count). The molecule has 3 heterocycles. The van der Waals surface area contributed by atoms with Crippen molar-refractivity contribution in [1.29, 1.82) is 0 Å². The number of rotatable bonds is 6. The van der Waals surface area contributed by atoms with E-state index in [0.717, 1.165) is 41.1 Å². The van der Waals surface area contributed by atoms with Gasteiger partial charge in [-0.25, -0.2) is 9.97 Å². The van der Waals surface area contributed by atoms with Crippen LogP contribution in [0.25, 0.3) is 22.6 Å². The van der Waals surface area contributed by atoms with Crippen LogP contribution in [0.2, 0.25) is 0 Å². The molecule has 1 aromatic carbocycles. The summed E-state index contributed by atoms with van der Waals surface area (Å²) >= 11 is 0. The fourth-order valence-electron chi connectivity index (χ4n) is 3.20. The summed E-state index contributed by atoms with van der Waals surface area (Å²) in [4.78, 5) is 25.8. The summed E-state index contributed by atoms with van der Waals surface area (Å²) in [6.45, 7) is 3.41. The monoisotopic (exact) mass is 371 g/mol. The van der Waals surface area contributed by atoms with Gasteiger partial charge >= 0.3 is 0 Å². The molecular weight excluding hydrogens is 350 g/mol. The topological polar surface area (TPSA) is 72.7 Å². The summed E-state index contributed by atoms with van der Waals surface area (Å²) in [6, 6.07) is 15.2. The minimum Gasteiger partial charge on any atom is -0.348 e. The van der Waals surface area contributed by atoms with Crippen molar-refractivity contribution in [2.45, 2.75) is 26.4 Å². The van der Waals surface area contributed by atoms with Gasteiger partial charge in [0.05, 0.1) is 0 Å². The highest BCUT2D eigenvalue weighted by Crippen LogP contribution is 2.24. The zero-order valence-corrected chi connectivity index (χ0v) is 15.7. The lowest BCUT2D eigenvalue weighted by Crippen LogP contribution is -2.22. The third-order valence-corrected chi connectivity index (χ3v) is 4.54. The Morgan fingerprint density at radius 2 is 1.93 bits per heavy atom. The molecule has 0 atom stereocenters. The second kappa shape index (κ2) is 8.00. The van der Waals surface area contributed by atoms with Gasteiger partial charge < -0.3 is 9.88 Å². The van der Waals surface area contributed by atoms with Gasteiger partial charge in [-0.3, -0.25) is 9.78 Å². The van der Waals surface area contributed by atoms with E-state index in [1.807, 2.05) is 48.5 Å². The van der Waals surface area contributed by atoms with Crippen LogP contribution in [0, 0.1) is 0 Å². The van der Waals surface area contributed by atoms with E-state index in [9.17, 15) is 4.79 Å². The molecule has 0 spiro atoms. The van der Waals surface area contributed by atoms with Crippen molar-refractivity contribution in [3.8, 4) is 11.4 Å². The maximum absolute atomic E-state index is 12.6. The Morgan fingerprint density at radius 1 is 1.07 bits per heavy atom. The normalized spacial score (nSPS) is 10.9. The Labute approximate surface area is 163 Å². The number of hydrogen-bond acceptors (Lipinski definition) is 4. The van der Waals surface area contributed by atoms with Gasteiger partial charge in [0.1, 0.15) is 11.3 Å². The Bertz CT molecular complexity index is 1100. The van der Waals surface area contributed by atoms with Crippen LogP contribution in [-0.2, 0) is 13.1 Å². The molecule has 6 nitrogen and oxygen atoms in total. The third-order valence-electron chi connectivity index (χ3n) is 4.54. The van der Waals surface area contributed by atoms with Gasteiger partial charge in [-0.15, -0.1) is 0 Å². The van der Waals surface area contributed by atoms with E-state index in [2.05, 4.69) is 26.8 Å². The SMILES string of the molecule is CCCn1c(-c2cccc(C(=O)NCc3ccncc3)c2)nc2cccnc21. The number of imidazole rings is 1. The first kappa shape index (κ1) is 17.9. The standard InChI is InChI=1S/C22H21N5O/c1-2-13-27-20(26-19-7-4-10-24-21(19)27)17-5-3-6-18(14-17)22(28)25-15-16-8-11-23-12-9-16/h3-12,14H,2,13,15H2,1H3,(H,25,28). The molecule has 140 valence electrons. The van der Waals surface area contributed by atoms with Crippen molar-refractivity contribution in [1.82, 2.24) is 24.8 Å². The lowest BCUT2D eigenvalue weighted by molar-refractivity contribution is 0.0951. The first-order valence-electron chi connectivity index (χ1n) is 9.35. The van der Waals surface area contributed by atoms with Crippen LogP contribution < -0.4 is 5.32 Å². The number of aromatic nitrogens is 4. The Kier molecular flexibility index (Phi) is 5.10. The molecule has 0 aliphatic carbocycles. The van der Waals surface area contributed by atoms with E-state index in [1.54, 1.807) is 18.6 Å². The quantitative estimate of drug-likeness (QED) is 0.559. The van der Waals surface area contributed by atoms with Gasteiger partial charge in [0, 0.05) is 42.8 Å². The second-order valence-corrected chi connectivity index (χ2v) is 6.55. The van der Waals surface area contributed by atoms with Crippen molar-refractivity contribution < 1.29 is 4.79 Å². The van der Waals surface area contributed by atoms with Gasteiger partial charge in [-0.2, -0.15) is 0 Å². The van der Waals surface area contributed by atoms with Crippen LogP contribution in [0.5, 0.6) is 0 Å². The molecule has 0 bridgehead atoms. The predicted octanol–water partition coefficient (Wildman–Crippen LogP) is 3.83. The number of pyridine rings is 2. The van der Waals surface area contributed by atoms with E-state index >= 15 is 0 Å². The number of hydrogen-bond donors (Lipinski definition) is 1. The Morgan fingerprint density at radius 3 is 2.75 bits per heavy atom. The fraction of sp³-hybridized carbons (Fsp3) is 0.182.